The Hall–Kier alpha value is -3.25. The van der Waals surface area contributed by atoms with Crippen molar-refractivity contribution < 1.29 is 27.6 Å². The SMILES string of the molecule is Cc1cc(C(F)(F)F)nn1CC(=O)N1CCC(c2nc3c(s2)C(=NOC(=O)c2ccc(Cl)cc2)CCC3)CC1. The Morgan fingerprint density at radius 2 is 1.90 bits per heavy atom. The van der Waals surface area contributed by atoms with Gasteiger partial charge >= 0.3 is 12.1 Å². The maximum Gasteiger partial charge on any atom is 0.435 e. The number of carbonyl (C=O) groups excluding carboxylic acids is 2. The maximum absolute atomic E-state index is 12.9. The zero-order chi connectivity index (χ0) is 27.7. The normalized spacial score (nSPS) is 17.4. The number of thiazole rings is 1. The van der Waals surface area contributed by atoms with Crippen LogP contribution in [-0.2, 0) is 28.8 Å². The molecular formula is C26H25ClF3N5O3S. The minimum Gasteiger partial charge on any atom is -0.341 e. The summed E-state index contributed by atoms with van der Waals surface area (Å²) in [5, 5.41) is 9.20. The van der Waals surface area contributed by atoms with Crippen LogP contribution in [0.5, 0.6) is 0 Å². The van der Waals surface area contributed by atoms with Gasteiger partial charge in [-0.25, -0.2) is 9.78 Å². The Balaban J connectivity index is 1.20. The number of nitrogens with zero attached hydrogens (tertiary/aromatic N) is 5. The van der Waals surface area contributed by atoms with Crippen molar-refractivity contribution in [2.45, 2.75) is 57.7 Å². The number of halogens is 4. The molecule has 0 radical (unpaired) electrons. The number of aryl methyl sites for hydroxylation is 2. The van der Waals surface area contributed by atoms with Gasteiger partial charge in [-0.2, -0.15) is 18.3 Å². The van der Waals surface area contributed by atoms with Crippen LogP contribution in [0.4, 0.5) is 13.2 Å². The summed E-state index contributed by atoms with van der Waals surface area (Å²) in [6.07, 6.45) is -0.810. The molecule has 0 atom stereocenters. The van der Waals surface area contributed by atoms with Crippen molar-refractivity contribution in [3.63, 3.8) is 0 Å². The van der Waals surface area contributed by atoms with Crippen LogP contribution in [-0.4, -0.2) is 50.3 Å². The summed E-state index contributed by atoms with van der Waals surface area (Å²) >= 11 is 7.42. The van der Waals surface area contributed by atoms with Gasteiger partial charge in [0.05, 0.1) is 26.9 Å². The standard InChI is InChI=1S/C26H25ClF3N5O3S/c1-15-13-21(26(28,29)30)32-35(15)14-22(36)34-11-9-16(10-12-34)24-31-19-3-2-4-20(23(19)39-24)33-38-25(37)17-5-7-18(27)8-6-17/h5-8,13,16H,2-4,9-12,14H2,1H3. The lowest BCUT2D eigenvalue weighted by atomic mass is 9.97. The van der Waals surface area contributed by atoms with E-state index in [0.29, 0.717) is 48.6 Å². The number of oxime groups is 1. The molecule has 8 nitrogen and oxygen atoms in total. The number of hydrogen-bond acceptors (Lipinski definition) is 7. The van der Waals surface area contributed by atoms with Crippen LogP contribution < -0.4 is 0 Å². The van der Waals surface area contributed by atoms with E-state index in [2.05, 4.69) is 10.3 Å². The summed E-state index contributed by atoms with van der Waals surface area (Å²) in [7, 11) is 0. The fourth-order valence-electron chi connectivity index (χ4n) is 4.71. The minimum absolute atomic E-state index is 0.158. The molecule has 0 N–H and O–H groups in total. The number of aromatic nitrogens is 3. The van der Waals surface area contributed by atoms with Gasteiger partial charge in [0.15, 0.2) is 5.69 Å². The molecular weight excluding hydrogens is 555 g/mol. The number of amides is 1. The highest BCUT2D eigenvalue weighted by molar-refractivity contribution is 7.14. The predicted molar refractivity (Wildman–Crippen MR) is 139 cm³/mol. The van der Waals surface area contributed by atoms with E-state index in [-0.39, 0.29) is 24.1 Å². The van der Waals surface area contributed by atoms with Gasteiger partial charge in [0.1, 0.15) is 6.54 Å². The summed E-state index contributed by atoms with van der Waals surface area (Å²) in [6.45, 7) is 2.24. The van der Waals surface area contributed by atoms with Crippen molar-refractivity contribution in [3.05, 3.63) is 67.9 Å². The van der Waals surface area contributed by atoms with Crippen molar-refractivity contribution >= 4 is 40.5 Å². The Kier molecular flexibility index (Phi) is 7.77. The van der Waals surface area contributed by atoms with Crippen LogP contribution in [0.25, 0.3) is 0 Å². The molecule has 1 aliphatic heterocycles. The van der Waals surface area contributed by atoms with E-state index in [9.17, 15) is 22.8 Å². The fourth-order valence-corrected chi connectivity index (χ4v) is 6.13. The Labute approximate surface area is 231 Å². The first-order valence-corrected chi connectivity index (χ1v) is 13.7. The smallest absolute Gasteiger partial charge is 0.341 e. The van der Waals surface area contributed by atoms with Crippen LogP contribution in [0, 0.1) is 6.92 Å². The van der Waals surface area contributed by atoms with Crippen LogP contribution >= 0.6 is 22.9 Å². The molecule has 0 spiro atoms. The molecule has 1 saturated heterocycles. The summed E-state index contributed by atoms with van der Waals surface area (Å²) in [4.78, 5) is 37.8. The number of hydrogen-bond donors (Lipinski definition) is 0. The average Bonchev–Trinajstić information content (AvgIpc) is 3.52. The monoisotopic (exact) mass is 579 g/mol. The summed E-state index contributed by atoms with van der Waals surface area (Å²) in [5.74, 6) is -0.664. The first-order chi connectivity index (χ1) is 18.6. The van der Waals surface area contributed by atoms with E-state index >= 15 is 0 Å². The minimum atomic E-state index is -4.55. The molecule has 3 heterocycles. The maximum atomic E-state index is 12.9. The van der Waals surface area contributed by atoms with Gasteiger partial charge < -0.3 is 9.74 Å². The third kappa shape index (κ3) is 6.17. The van der Waals surface area contributed by atoms with E-state index in [1.807, 2.05) is 0 Å². The van der Waals surface area contributed by atoms with Crippen LogP contribution in [0.3, 0.4) is 0 Å². The number of piperidine rings is 1. The molecule has 0 bridgehead atoms. The summed E-state index contributed by atoms with van der Waals surface area (Å²) in [5.41, 5.74) is 1.28. The van der Waals surface area contributed by atoms with E-state index in [0.717, 1.165) is 39.2 Å². The lowest BCUT2D eigenvalue weighted by molar-refractivity contribution is -0.142. The number of likely N-dealkylation sites (tertiary alicyclic amines) is 1. The van der Waals surface area contributed by atoms with Crippen molar-refractivity contribution in [2.75, 3.05) is 13.1 Å². The lowest BCUT2D eigenvalue weighted by Crippen LogP contribution is -2.40. The van der Waals surface area contributed by atoms with Crippen LogP contribution in [0.2, 0.25) is 5.02 Å². The molecule has 39 heavy (non-hydrogen) atoms. The van der Waals surface area contributed by atoms with Gasteiger partial charge in [0.2, 0.25) is 5.91 Å². The molecule has 1 amide bonds. The first kappa shape index (κ1) is 27.3. The van der Waals surface area contributed by atoms with Crippen molar-refractivity contribution in [1.29, 1.82) is 0 Å². The number of rotatable bonds is 5. The number of fused-ring (bicyclic) bond motifs is 1. The molecule has 2 aliphatic rings. The highest BCUT2D eigenvalue weighted by Crippen LogP contribution is 2.36. The van der Waals surface area contributed by atoms with Gasteiger partial charge in [-0.15, -0.1) is 11.3 Å². The van der Waals surface area contributed by atoms with Gasteiger partial charge in [0, 0.05) is 29.7 Å². The summed E-state index contributed by atoms with van der Waals surface area (Å²) < 4.78 is 39.9. The predicted octanol–water partition coefficient (Wildman–Crippen LogP) is 5.62. The Morgan fingerprint density at radius 1 is 1.18 bits per heavy atom. The molecule has 1 fully saturated rings. The van der Waals surface area contributed by atoms with Crippen LogP contribution in [0.1, 0.15) is 68.9 Å². The zero-order valence-corrected chi connectivity index (χ0v) is 22.6. The summed E-state index contributed by atoms with van der Waals surface area (Å²) in [6, 6.07) is 7.32. The van der Waals surface area contributed by atoms with E-state index < -0.39 is 17.8 Å². The third-order valence-corrected chi connectivity index (χ3v) is 8.44. The van der Waals surface area contributed by atoms with Crippen molar-refractivity contribution in [2.24, 2.45) is 5.16 Å². The lowest BCUT2D eigenvalue weighted by Gasteiger charge is -2.31. The van der Waals surface area contributed by atoms with E-state index in [1.54, 1.807) is 40.5 Å². The quantitative estimate of drug-likeness (QED) is 0.289. The molecule has 2 aromatic heterocycles. The van der Waals surface area contributed by atoms with Gasteiger partial charge in [0.25, 0.3) is 0 Å². The van der Waals surface area contributed by atoms with Gasteiger partial charge in [-0.3, -0.25) is 9.48 Å². The first-order valence-electron chi connectivity index (χ1n) is 12.5. The van der Waals surface area contributed by atoms with Gasteiger partial charge in [-0.05, 0) is 69.4 Å². The highest BCUT2D eigenvalue weighted by atomic mass is 35.5. The second-order valence-electron chi connectivity index (χ2n) is 9.59. The molecule has 0 unspecified atom stereocenters. The van der Waals surface area contributed by atoms with Crippen molar-refractivity contribution in [1.82, 2.24) is 19.7 Å². The number of alkyl halides is 3. The number of carbonyl (C=O) groups is 2. The Morgan fingerprint density at radius 3 is 2.56 bits per heavy atom. The molecule has 5 rings (SSSR count). The molecule has 13 heteroatoms. The molecule has 3 aromatic rings. The number of benzene rings is 1. The second-order valence-corrected chi connectivity index (χ2v) is 11.1. The van der Waals surface area contributed by atoms with Crippen molar-refractivity contribution in [3.8, 4) is 0 Å². The largest absolute Gasteiger partial charge is 0.435 e. The zero-order valence-electron chi connectivity index (χ0n) is 21.0. The highest BCUT2D eigenvalue weighted by Gasteiger charge is 2.35. The van der Waals surface area contributed by atoms with E-state index in [4.69, 9.17) is 21.4 Å². The topological polar surface area (TPSA) is 89.7 Å². The molecule has 1 aliphatic carbocycles. The fraction of sp³-hybridized carbons (Fsp3) is 0.423. The molecule has 0 saturated carbocycles. The Bertz CT molecular complexity index is 1410. The van der Waals surface area contributed by atoms with Crippen LogP contribution in [0.15, 0.2) is 35.5 Å². The second kappa shape index (κ2) is 11.1. The van der Waals surface area contributed by atoms with Gasteiger partial charge in [-0.1, -0.05) is 16.8 Å². The molecule has 1 aromatic carbocycles. The average molecular weight is 580 g/mol. The van der Waals surface area contributed by atoms with E-state index in [1.165, 1.54) is 6.92 Å². The third-order valence-electron chi connectivity index (χ3n) is 6.88. The molecule has 206 valence electrons.